The molecule has 0 radical (unpaired) electrons. The molecule has 1 N–H and O–H groups in total. The van der Waals surface area contributed by atoms with Crippen LogP contribution in [-0.4, -0.2) is 42.4 Å². The normalized spacial score (nSPS) is 11.7. The Morgan fingerprint density at radius 3 is 2.44 bits per heavy atom. The summed E-state index contributed by atoms with van der Waals surface area (Å²) in [5.41, 5.74) is 0.894. The molecule has 2 aromatic carbocycles. The molecule has 0 saturated heterocycles. The lowest BCUT2D eigenvalue weighted by molar-refractivity contribution is 0.0583. The molecule has 134 valence electrons. The molecular weight excluding hydrogens is 365 g/mol. The summed E-state index contributed by atoms with van der Waals surface area (Å²) in [5, 5.41) is 10.9. The van der Waals surface area contributed by atoms with Crippen LogP contribution in [0.4, 0.5) is 4.79 Å². The summed E-state index contributed by atoms with van der Waals surface area (Å²) in [6.45, 7) is 0.243. The first-order valence-electron chi connectivity index (χ1n) is 7.63. The van der Waals surface area contributed by atoms with Crippen LogP contribution < -0.4 is 4.74 Å². The van der Waals surface area contributed by atoms with Gasteiger partial charge in [-0.15, -0.1) is 0 Å². The van der Waals surface area contributed by atoms with Crippen LogP contribution in [0.15, 0.2) is 48.5 Å². The van der Waals surface area contributed by atoms with Gasteiger partial charge in [0, 0.05) is 17.1 Å². The molecular formula is C18H19Cl2NO4. The second-order valence-corrected chi connectivity index (χ2v) is 6.36. The van der Waals surface area contributed by atoms with E-state index in [0.717, 1.165) is 5.56 Å². The van der Waals surface area contributed by atoms with Gasteiger partial charge in [-0.2, -0.15) is 0 Å². The Morgan fingerprint density at radius 1 is 1.16 bits per heavy atom. The van der Waals surface area contributed by atoms with E-state index in [4.69, 9.17) is 32.7 Å². The Hall–Kier alpha value is -1.95. The first-order valence-corrected chi connectivity index (χ1v) is 8.38. The summed E-state index contributed by atoms with van der Waals surface area (Å²) in [6, 6.07) is 14.1. The molecule has 0 spiro atoms. The first kappa shape index (κ1) is 19.4. The standard InChI is InChI=1S/C18H19Cl2NO4/c1-21(18(23)25-11-13-5-3-2-4-6-13)10-16(22)12-24-17-8-14(19)7-15(20)9-17/h2-9,16,22H,10-12H2,1H3. The van der Waals surface area contributed by atoms with Gasteiger partial charge in [-0.1, -0.05) is 53.5 Å². The molecule has 0 heterocycles. The van der Waals surface area contributed by atoms with Gasteiger partial charge < -0.3 is 19.5 Å². The van der Waals surface area contributed by atoms with Gasteiger partial charge in [0.1, 0.15) is 25.1 Å². The number of amides is 1. The van der Waals surface area contributed by atoms with Crippen molar-refractivity contribution in [2.75, 3.05) is 20.2 Å². The van der Waals surface area contributed by atoms with E-state index in [-0.39, 0.29) is 19.8 Å². The zero-order valence-electron chi connectivity index (χ0n) is 13.7. The van der Waals surface area contributed by atoms with Gasteiger partial charge in [0.05, 0.1) is 6.54 Å². The third-order valence-corrected chi connectivity index (χ3v) is 3.72. The van der Waals surface area contributed by atoms with E-state index in [1.807, 2.05) is 30.3 Å². The summed E-state index contributed by atoms with van der Waals surface area (Å²) < 4.78 is 10.6. The predicted octanol–water partition coefficient (Wildman–Crippen LogP) is 4.00. The fourth-order valence-corrected chi connectivity index (χ4v) is 2.58. The second kappa shape index (κ2) is 9.51. The topological polar surface area (TPSA) is 59.0 Å². The van der Waals surface area contributed by atoms with E-state index in [1.54, 1.807) is 25.2 Å². The van der Waals surface area contributed by atoms with Gasteiger partial charge >= 0.3 is 6.09 Å². The van der Waals surface area contributed by atoms with Crippen LogP contribution in [0.2, 0.25) is 10.0 Å². The summed E-state index contributed by atoms with van der Waals surface area (Å²) in [5.74, 6) is 0.450. The number of halogens is 2. The fraction of sp³-hybridized carbons (Fsp3) is 0.278. The monoisotopic (exact) mass is 383 g/mol. The number of likely N-dealkylation sites (N-methyl/N-ethyl adjacent to an activating group) is 1. The number of benzene rings is 2. The number of ether oxygens (including phenoxy) is 2. The highest BCUT2D eigenvalue weighted by Crippen LogP contribution is 2.24. The average Bonchev–Trinajstić information content (AvgIpc) is 2.58. The smallest absolute Gasteiger partial charge is 0.409 e. The van der Waals surface area contributed by atoms with E-state index in [2.05, 4.69) is 0 Å². The summed E-state index contributed by atoms with van der Waals surface area (Å²) in [6.07, 6.45) is -1.40. The minimum atomic E-state index is -0.882. The van der Waals surface area contributed by atoms with Crippen molar-refractivity contribution in [3.05, 3.63) is 64.1 Å². The van der Waals surface area contributed by atoms with Crippen molar-refractivity contribution in [2.24, 2.45) is 0 Å². The van der Waals surface area contributed by atoms with E-state index in [0.29, 0.717) is 15.8 Å². The molecule has 0 saturated carbocycles. The molecule has 2 rings (SSSR count). The highest BCUT2D eigenvalue weighted by atomic mass is 35.5. The average molecular weight is 384 g/mol. The van der Waals surface area contributed by atoms with Crippen molar-refractivity contribution in [3.63, 3.8) is 0 Å². The first-order chi connectivity index (χ1) is 11.9. The molecule has 0 aromatic heterocycles. The minimum absolute atomic E-state index is 0.00697. The molecule has 2 aromatic rings. The SMILES string of the molecule is CN(CC(O)COc1cc(Cl)cc(Cl)c1)C(=O)OCc1ccccc1. The van der Waals surface area contributed by atoms with Crippen molar-refractivity contribution in [1.82, 2.24) is 4.90 Å². The molecule has 5 nitrogen and oxygen atoms in total. The maximum atomic E-state index is 11.9. The molecule has 7 heteroatoms. The maximum Gasteiger partial charge on any atom is 0.409 e. The van der Waals surface area contributed by atoms with Crippen LogP contribution in [-0.2, 0) is 11.3 Å². The number of rotatable bonds is 7. The molecule has 0 aliphatic rings. The van der Waals surface area contributed by atoms with E-state index in [9.17, 15) is 9.90 Å². The molecule has 0 aliphatic carbocycles. The molecule has 0 aliphatic heterocycles. The highest BCUT2D eigenvalue weighted by Gasteiger charge is 2.16. The number of carbonyl (C=O) groups is 1. The van der Waals surface area contributed by atoms with Crippen molar-refractivity contribution >= 4 is 29.3 Å². The van der Waals surface area contributed by atoms with E-state index >= 15 is 0 Å². The fourth-order valence-electron chi connectivity index (χ4n) is 2.08. The number of nitrogens with zero attached hydrogens (tertiary/aromatic N) is 1. The molecule has 1 atom stereocenters. The van der Waals surface area contributed by atoms with Crippen LogP contribution in [0.5, 0.6) is 5.75 Å². The van der Waals surface area contributed by atoms with Crippen molar-refractivity contribution in [3.8, 4) is 5.75 Å². The Kier molecular flexibility index (Phi) is 7.37. The van der Waals surface area contributed by atoms with Crippen LogP contribution in [0, 0.1) is 0 Å². The van der Waals surface area contributed by atoms with Crippen LogP contribution in [0.1, 0.15) is 5.56 Å². The number of hydrogen-bond donors (Lipinski definition) is 1. The van der Waals surface area contributed by atoms with Crippen LogP contribution in [0.3, 0.4) is 0 Å². The largest absolute Gasteiger partial charge is 0.491 e. The predicted molar refractivity (Wildman–Crippen MR) is 97.2 cm³/mol. The third kappa shape index (κ3) is 6.82. The summed E-state index contributed by atoms with van der Waals surface area (Å²) >= 11 is 11.8. The van der Waals surface area contributed by atoms with Gasteiger partial charge in [0.25, 0.3) is 0 Å². The van der Waals surface area contributed by atoms with Crippen LogP contribution >= 0.6 is 23.2 Å². The van der Waals surface area contributed by atoms with Gasteiger partial charge in [-0.3, -0.25) is 0 Å². The third-order valence-electron chi connectivity index (χ3n) is 3.28. The lowest BCUT2D eigenvalue weighted by Gasteiger charge is -2.20. The van der Waals surface area contributed by atoms with E-state index < -0.39 is 12.2 Å². The molecule has 0 fully saturated rings. The van der Waals surface area contributed by atoms with Gasteiger partial charge in [0.15, 0.2) is 0 Å². The Labute approximate surface area is 156 Å². The lowest BCUT2D eigenvalue weighted by atomic mass is 10.2. The zero-order chi connectivity index (χ0) is 18.2. The van der Waals surface area contributed by atoms with E-state index in [1.165, 1.54) is 4.90 Å². The van der Waals surface area contributed by atoms with Crippen molar-refractivity contribution in [2.45, 2.75) is 12.7 Å². The second-order valence-electron chi connectivity index (χ2n) is 5.49. The molecule has 25 heavy (non-hydrogen) atoms. The Morgan fingerprint density at radius 2 is 1.80 bits per heavy atom. The maximum absolute atomic E-state index is 11.9. The van der Waals surface area contributed by atoms with Crippen molar-refractivity contribution in [1.29, 1.82) is 0 Å². The minimum Gasteiger partial charge on any atom is -0.491 e. The molecule has 1 unspecified atom stereocenters. The Bertz CT molecular complexity index is 676. The number of aliphatic hydroxyl groups excluding tert-OH is 1. The zero-order valence-corrected chi connectivity index (χ0v) is 15.2. The quantitative estimate of drug-likeness (QED) is 0.784. The van der Waals surface area contributed by atoms with Crippen molar-refractivity contribution < 1.29 is 19.4 Å². The number of aliphatic hydroxyl groups is 1. The number of carbonyl (C=O) groups excluding carboxylic acids is 1. The number of hydrogen-bond acceptors (Lipinski definition) is 4. The highest BCUT2D eigenvalue weighted by molar-refractivity contribution is 6.34. The molecule has 0 bridgehead atoms. The summed E-state index contributed by atoms with van der Waals surface area (Å²) in [7, 11) is 1.55. The van der Waals surface area contributed by atoms with Gasteiger partial charge in [0.2, 0.25) is 0 Å². The van der Waals surface area contributed by atoms with Gasteiger partial charge in [-0.05, 0) is 23.8 Å². The van der Waals surface area contributed by atoms with Gasteiger partial charge in [-0.25, -0.2) is 4.79 Å². The Balaban J connectivity index is 1.75. The lowest BCUT2D eigenvalue weighted by Crippen LogP contribution is -2.37. The molecule has 1 amide bonds. The summed E-state index contributed by atoms with van der Waals surface area (Å²) in [4.78, 5) is 13.2. The van der Waals surface area contributed by atoms with Crippen LogP contribution in [0.25, 0.3) is 0 Å².